The van der Waals surface area contributed by atoms with Gasteiger partial charge in [-0.2, -0.15) is 5.48 Å². The van der Waals surface area contributed by atoms with Gasteiger partial charge in [-0.25, -0.2) is 0 Å². The average Bonchev–Trinajstić information content (AvgIpc) is 2.14. The van der Waals surface area contributed by atoms with Crippen LogP contribution >= 0.6 is 23.2 Å². The first-order valence-electron chi connectivity index (χ1n) is 4.87. The van der Waals surface area contributed by atoms with Crippen LogP contribution in [0.5, 0.6) is 0 Å². The molecule has 0 aliphatic heterocycles. The lowest BCUT2D eigenvalue weighted by Crippen LogP contribution is -2.24. The summed E-state index contributed by atoms with van der Waals surface area (Å²) in [6.45, 7) is 5.96. The maximum atomic E-state index is 6.05. The quantitative estimate of drug-likeness (QED) is 0.813. The van der Waals surface area contributed by atoms with Crippen molar-refractivity contribution in [2.45, 2.75) is 32.9 Å². The number of hydroxylamine groups is 1. The van der Waals surface area contributed by atoms with Crippen LogP contribution in [0.15, 0.2) is 18.2 Å². The van der Waals surface area contributed by atoms with E-state index in [1.165, 1.54) is 0 Å². The Labute approximate surface area is 100 Å². The molecule has 1 N–H and O–H groups in total. The number of nitrogens with one attached hydrogen (secondary N) is 1. The fraction of sp³-hybridized carbons (Fsp3) is 0.455. The number of hydrogen-bond acceptors (Lipinski definition) is 2. The third kappa shape index (κ3) is 3.99. The van der Waals surface area contributed by atoms with E-state index in [0.29, 0.717) is 10.0 Å². The Kier molecular flexibility index (Phi) is 4.87. The summed E-state index contributed by atoms with van der Waals surface area (Å²) in [5, 5.41) is 1.26. The monoisotopic (exact) mass is 247 g/mol. The molecular weight excluding hydrogens is 233 g/mol. The molecule has 4 heteroatoms. The van der Waals surface area contributed by atoms with Crippen LogP contribution in [0.4, 0.5) is 0 Å². The topological polar surface area (TPSA) is 21.3 Å². The molecule has 0 aliphatic carbocycles. The smallest absolute Gasteiger partial charge is 0.103 e. The summed E-state index contributed by atoms with van der Waals surface area (Å²) in [6.07, 6.45) is -0.0998. The molecule has 0 saturated carbocycles. The number of rotatable bonds is 4. The SMILES string of the molecule is CC(C)NOC(C)c1ccc(Cl)cc1Cl. The molecule has 1 atom stereocenters. The van der Waals surface area contributed by atoms with Gasteiger partial charge in [-0.1, -0.05) is 29.3 Å². The van der Waals surface area contributed by atoms with E-state index in [-0.39, 0.29) is 12.1 Å². The summed E-state index contributed by atoms with van der Waals surface area (Å²) < 4.78 is 0. The Morgan fingerprint density at radius 2 is 1.87 bits per heavy atom. The van der Waals surface area contributed by atoms with Crippen molar-refractivity contribution in [3.05, 3.63) is 33.8 Å². The molecule has 0 fully saturated rings. The minimum atomic E-state index is -0.0998. The summed E-state index contributed by atoms with van der Waals surface area (Å²) in [6, 6.07) is 5.67. The first kappa shape index (κ1) is 12.8. The summed E-state index contributed by atoms with van der Waals surface area (Å²) in [7, 11) is 0. The predicted octanol–water partition coefficient (Wildman–Crippen LogP) is 3.98. The highest BCUT2D eigenvalue weighted by Gasteiger charge is 2.11. The molecule has 1 aromatic carbocycles. The van der Waals surface area contributed by atoms with E-state index < -0.39 is 0 Å². The second-order valence-electron chi connectivity index (χ2n) is 3.70. The molecule has 0 aliphatic rings. The zero-order valence-corrected chi connectivity index (χ0v) is 10.6. The molecule has 0 spiro atoms. The van der Waals surface area contributed by atoms with Gasteiger partial charge in [-0.15, -0.1) is 0 Å². The zero-order chi connectivity index (χ0) is 11.4. The number of halogens is 2. The Morgan fingerprint density at radius 1 is 1.20 bits per heavy atom. The second-order valence-corrected chi connectivity index (χ2v) is 4.54. The van der Waals surface area contributed by atoms with Gasteiger partial charge in [0.2, 0.25) is 0 Å². The van der Waals surface area contributed by atoms with E-state index in [9.17, 15) is 0 Å². The molecule has 0 saturated heterocycles. The minimum absolute atomic E-state index is 0.0998. The van der Waals surface area contributed by atoms with Gasteiger partial charge in [-0.3, -0.25) is 4.84 Å². The average molecular weight is 248 g/mol. The Morgan fingerprint density at radius 3 is 2.40 bits per heavy atom. The van der Waals surface area contributed by atoms with Gasteiger partial charge < -0.3 is 0 Å². The summed E-state index contributed by atoms with van der Waals surface area (Å²) in [5.74, 6) is 0. The lowest BCUT2D eigenvalue weighted by Gasteiger charge is -2.17. The van der Waals surface area contributed by atoms with Gasteiger partial charge in [0.05, 0.1) is 0 Å². The fourth-order valence-corrected chi connectivity index (χ4v) is 1.69. The standard InChI is InChI=1S/C11H15Cl2NO/c1-7(2)14-15-8(3)10-5-4-9(12)6-11(10)13/h4-8,14H,1-3H3. The van der Waals surface area contributed by atoms with Crippen LogP contribution in [0, 0.1) is 0 Å². The van der Waals surface area contributed by atoms with Gasteiger partial charge in [0.15, 0.2) is 0 Å². The lowest BCUT2D eigenvalue weighted by atomic mass is 10.1. The van der Waals surface area contributed by atoms with Crippen molar-refractivity contribution < 1.29 is 4.84 Å². The molecule has 0 bridgehead atoms. The zero-order valence-electron chi connectivity index (χ0n) is 9.05. The molecule has 2 nitrogen and oxygen atoms in total. The van der Waals surface area contributed by atoms with Crippen LogP contribution in [-0.4, -0.2) is 6.04 Å². The van der Waals surface area contributed by atoms with Crippen LogP contribution in [0.3, 0.4) is 0 Å². The fourth-order valence-electron chi connectivity index (χ4n) is 1.13. The van der Waals surface area contributed by atoms with Crippen LogP contribution in [0.1, 0.15) is 32.4 Å². The molecule has 0 heterocycles. The Hall–Kier alpha value is -0.280. The molecule has 1 unspecified atom stereocenters. The minimum Gasteiger partial charge on any atom is -0.294 e. The van der Waals surface area contributed by atoms with Crippen molar-refractivity contribution in [2.24, 2.45) is 0 Å². The van der Waals surface area contributed by atoms with Crippen LogP contribution in [-0.2, 0) is 4.84 Å². The summed E-state index contributed by atoms with van der Waals surface area (Å²) >= 11 is 11.9. The highest BCUT2D eigenvalue weighted by atomic mass is 35.5. The molecule has 15 heavy (non-hydrogen) atoms. The first-order chi connectivity index (χ1) is 7.00. The van der Waals surface area contributed by atoms with E-state index in [1.807, 2.05) is 26.8 Å². The van der Waals surface area contributed by atoms with Crippen molar-refractivity contribution in [1.29, 1.82) is 0 Å². The van der Waals surface area contributed by atoms with Gasteiger partial charge >= 0.3 is 0 Å². The van der Waals surface area contributed by atoms with Crippen molar-refractivity contribution >= 4 is 23.2 Å². The highest BCUT2D eigenvalue weighted by Crippen LogP contribution is 2.27. The van der Waals surface area contributed by atoms with Crippen molar-refractivity contribution in [3.8, 4) is 0 Å². The normalized spacial score (nSPS) is 13.2. The van der Waals surface area contributed by atoms with Gasteiger partial charge in [0.25, 0.3) is 0 Å². The molecule has 1 aromatic rings. The third-order valence-electron chi connectivity index (χ3n) is 1.88. The molecular formula is C11H15Cl2NO. The van der Waals surface area contributed by atoms with Crippen molar-refractivity contribution in [1.82, 2.24) is 5.48 Å². The van der Waals surface area contributed by atoms with Crippen LogP contribution < -0.4 is 5.48 Å². The number of benzene rings is 1. The molecule has 84 valence electrons. The largest absolute Gasteiger partial charge is 0.294 e. The molecule has 1 rings (SSSR count). The maximum Gasteiger partial charge on any atom is 0.103 e. The van der Waals surface area contributed by atoms with Gasteiger partial charge in [-0.05, 0) is 32.9 Å². The summed E-state index contributed by atoms with van der Waals surface area (Å²) in [5.41, 5.74) is 3.82. The van der Waals surface area contributed by atoms with Crippen molar-refractivity contribution in [2.75, 3.05) is 0 Å². The third-order valence-corrected chi connectivity index (χ3v) is 2.44. The predicted molar refractivity (Wildman–Crippen MR) is 64.2 cm³/mol. The van der Waals surface area contributed by atoms with E-state index in [0.717, 1.165) is 5.56 Å². The maximum absolute atomic E-state index is 6.05. The molecule has 0 amide bonds. The lowest BCUT2D eigenvalue weighted by molar-refractivity contribution is -0.0303. The van der Waals surface area contributed by atoms with E-state index in [4.69, 9.17) is 28.0 Å². The molecule has 0 aromatic heterocycles. The van der Waals surface area contributed by atoms with E-state index in [1.54, 1.807) is 12.1 Å². The van der Waals surface area contributed by atoms with Gasteiger partial charge in [0.1, 0.15) is 6.10 Å². The van der Waals surface area contributed by atoms with Crippen molar-refractivity contribution in [3.63, 3.8) is 0 Å². The van der Waals surface area contributed by atoms with E-state index >= 15 is 0 Å². The summed E-state index contributed by atoms with van der Waals surface area (Å²) in [4.78, 5) is 5.43. The second kappa shape index (κ2) is 5.71. The molecule has 0 radical (unpaired) electrons. The first-order valence-corrected chi connectivity index (χ1v) is 5.62. The Bertz CT molecular complexity index is 328. The Balaban J connectivity index is 2.69. The van der Waals surface area contributed by atoms with Crippen LogP contribution in [0.2, 0.25) is 10.0 Å². The highest BCUT2D eigenvalue weighted by molar-refractivity contribution is 6.35. The van der Waals surface area contributed by atoms with E-state index in [2.05, 4.69) is 5.48 Å². The van der Waals surface area contributed by atoms with Crippen LogP contribution in [0.25, 0.3) is 0 Å². The number of hydrogen-bond donors (Lipinski definition) is 1. The van der Waals surface area contributed by atoms with Gasteiger partial charge in [0, 0.05) is 21.7 Å².